The molecule has 7 heteroatoms. The first-order valence-electron chi connectivity index (χ1n) is 10.6. The highest BCUT2D eigenvalue weighted by molar-refractivity contribution is 8.23. The van der Waals surface area contributed by atoms with Crippen LogP contribution in [-0.4, -0.2) is 44.6 Å². The SMILES string of the molecule is CC(SC(=S)N1CC2CC(C1)c1cccc(=O)n1C2)C(=O)N1CCc2ccccc21. The van der Waals surface area contributed by atoms with Gasteiger partial charge in [0.15, 0.2) is 0 Å². The van der Waals surface area contributed by atoms with Crippen LogP contribution in [0.1, 0.15) is 30.5 Å². The molecule has 3 aliphatic heterocycles. The van der Waals surface area contributed by atoms with Crippen LogP contribution in [0.25, 0.3) is 0 Å². The molecule has 3 aliphatic rings. The number of carbonyl (C=O) groups is 1. The summed E-state index contributed by atoms with van der Waals surface area (Å²) < 4.78 is 2.73. The highest BCUT2D eigenvalue weighted by atomic mass is 32.2. The van der Waals surface area contributed by atoms with E-state index in [0.717, 1.165) is 54.7 Å². The summed E-state index contributed by atoms with van der Waals surface area (Å²) in [6.07, 6.45) is 2.02. The van der Waals surface area contributed by atoms with Crippen molar-refractivity contribution in [3.63, 3.8) is 0 Å². The quantitative estimate of drug-likeness (QED) is 0.672. The highest BCUT2D eigenvalue weighted by Crippen LogP contribution is 2.37. The van der Waals surface area contributed by atoms with E-state index in [1.165, 1.54) is 17.3 Å². The number of anilines is 1. The van der Waals surface area contributed by atoms with Gasteiger partial charge in [-0.15, -0.1) is 0 Å². The number of likely N-dealkylation sites (tertiary alicyclic amines) is 1. The number of benzene rings is 1. The van der Waals surface area contributed by atoms with Crippen molar-refractivity contribution in [3.8, 4) is 0 Å². The van der Waals surface area contributed by atoms with Gasteiger partial charge >= 0.3 is 0 Å². The molecule has 4 heterocycles. The maximum absolute atomic E-state index is 13.1. The molecule has 0 N–H and O–H groups in total. The third-order valence-electron chi connectivity index (χ3n) is 6.52. The van der Waals surface area contributed by atoms with Crippen molar-refractivity contribution in [2.45, 2.75) is 37.5 Å². The molecule has 0 radical (unpaired) electrons. The van der Waals surface area contributed by atoms with E-state index in [1.54, 1.807) is 6.07 Å². The van der Waals surface area contributed by atoms with E-state index in [0.29, 0.717) is 11.8 Å². The van der Waals surface area contributed by atoms with Gasteiger partial charge in [0.05, 0.1) is 5.25 Å². The van der Waals surface area contributed by atoms with Crippen LogP contribution >= 0.6 is 24.0 Å². The van der Waals surface area contributed by atoms with Gasteiger partial charge in [0.1, 0.15) is 4.32 Å². The Kier molecular flexibility index (Phi) is 5.19. The molecule has 5 rings (SSSR count). The minimum absolute atomic E-state index is 0.0951. The minimum atomic E-state index is -0.222. The number of fused-ring (bicyclic) bond motifs is 5. The molecule has 0 saturated carbocycles. The molecule has 3 atom stereocenters. The van der Waals surface area contributed by atoms with Crippen molar-refractivity contribution in [1.29, 1.82) is 0 Å². The fourth-order valence-electron chi connectivity index (χ4n) is 5.11. The molecule has 1 amide bonds. The molecule has 1 fully saturated rings. The summed E-state index contributed by atoms with van der Waals surface area (Å²) in [5.41, 5.74) is 3.49. The molecule has 2 aromatic rings. The number of piperidine rings is 1. The summed E-state index contributed by atoms with van der Waals surface area (Å²) in [6, 6.07) is 13.7. The molecule has 156 valence electrons. The van der Waals surface area contributed by atoms with Gasteiger partial charge in [0.2, 0.25) is 5.91 Å². The highest BCUT2D eigenvalue weighted by Gasteiger charge is 2.36. The summed E-state index contributed by atoms with van der Waals surface area (Å²) in [5.74, 6) is 0.870. The average Bonchev–Trinajstić information content (AvgIpc) is 3.18. The van der Waals surface area contributed by atoms with E-state index >= 15 is 0 Å². The van der Waals surface area contributed by atoms with Crippen LogP contribution in [0.3, 0.4) is 0 Å². The molecule has 30 heavy (non-hydrogen) atoms. The third kappa shape index (κ3) is 3.48. The number of carbonyl (C=O) groups excluding carboxylic acids is 1. The fourth-order valence-corrected chi connectivity index (χ4v) is 6.52. The van der Waals surface area contributed by atoms with Gasteiger partial charge in [-0.25, -0.2) is 0 Å². The zero-order valence-electron chi connectivity index (χ0n) is 17.0. The lowest BCUT2D eigenvalue weighted by molar-refractivity contribution is -0.117. The summed E-state index contributed by atoms with van der Waals surface area (Å²) in [6.45, 7) is 5.14. The van der Waals surface area contributed by atoms with Crippen molar-refractivity contribution in [1.82, 2.24) is 9.47 Å². The van der Waals surface area contributed by atoms with Crippen molar-refractivity contribution < 1.29 is 4.79 Å². The lowest BCUT2D eigenvalue weighted by Crippen LogP contribution is -2.48. The van der Waals surface area contributed by atoms with Gasteiger partial charge < -0.3 is 14.4 Å². The molecule has 3 unspecified atom stereocenters. The molecule has 2 bridgehead atoms. The van der Waals surface area contributed by atoms with E-state index in [-0.39, 0.29) is 16.7 Å². The Hall–Kier alpha value is -2.12. The number of para-hydroxylation sites is 1. The number of aromatic nitrogens is 1. The van der Waals surface area contributed by atoms with Crippen molar-refractivity contribution in [3.05, 3.63) is 64.1 Å². The summed E-state index contributed by atoms with van der Waals surface area (Å²) >= 11 is 7.27. The maximum Gasteiger partial charge on any atom is 0.250 e. The Labute approximate surface area is 186 Å². The second-order valence-electron chi connectivity index (χ2n) is 8.50. The minimum Gasteiger partial charge on any atom is -0.356 e. The predicted molar refractivity (Wildman–Crippen MR) is 125 cm³/mol. The normalized spacial score (nSPS) is 23.0. The Morgan fingerprint density at radius 3 is 2.83 bits per heavy atom. The lowest BCUT2D eigenvalue weighted by Gasteiger charge is -2.43. The number of nitrogens with zero attached hydrogens (tertiary/aromatic N) is 3. The van der Waals surface area contributed by atoms with Gasteiger partial charge in [0, 0.05) is 49.5 Å². The number of rotatable bonds is 2. The van der Waals surface area contributed by atoms with Crippen LogP contribution in [0.5, 0.6) is 0 Å². The molecule has 1 aromatic carbocycles. The second-order valence-corrected chi connectivity index (χ2v) is 10.5. The Balaban J connectivity index is 1.26. The van der Waals surface area contributed by atoms with Crippen LogP contribution in [-0.2, 0) is 17.8 Å². The molecule has 0 aliphatic carbocycles. The predicted octanol–water partition coefficient (Wildman–Crippen LogP) is 3.26. The summed E-state index contributed by atoms with van der Waals surface area (Å²) in [4.78, 5) is 29.5. The van der Waals surface area contributed by atoms with Gasteiger partial charge in [-0.2, -0.15) is 0 Å². The maximum atomic E-state index is 13.1. The van der Waals surface area contributed by atoms with Gasteiger partial charge in [0.25, 0.3) is 5.56 Å². The molecular formula is C23H25N3O2S2. The topological polar surface area (TPSA) is 45.6 Å². The van der Waals surface area contributed by atoms with E-state index in [1.807, 2.05) is 40.7 Å². The summed E-state index contributed by atoms with van der Waals surface area (Å²) in [5, 5.41) is -0.222. The van der Waals surface area contributed by atoms with E-state index in [4.69, 9.17) is 12.2 Å². The third-order valence-corrected chi connectivity index (χ3v) is 8.08. The van der Waals surface area contributed by atoms with Crippen molar-refractivity contribution in [2.24, 2.45) is 5.92 Å². The first kappa shape index (κ1) is 19.8. The van der Waals surface area contributed by atoms with E-state index < -0.39 is 0 Å². The monoisotopic (exact) mass is 439 g/mol. The number of hydrogen-bond acceptors (Lipinski definition) is 4. The number of thiocarbonyl (C=S) groups is 1. The zero-order valence-corrected chi connectivity index (χ0v) is 18.6. The van der Waals surface area contributed by atoms with Gasteiger partial charge in [-0.1, -0.05) is 48.2 Å². The number of hydrogen-bond donors (Lipinski definition) is 0. The smallest absolute Gasteiger partial charge is 0.250 e. The van der Waals surface area contributed by atoms with Crippen molar-refractivity contribution >= 4 is 39.9 Å². The largest absolute Gasteiger partial charge is 0.356 e. The summed E-state index contributed by atoms with van der Waals surface area (Å²) in [7, 11) is 0. The van der Waals surface area contributed by atoms with Crippen molar-refractivity contribution in [2.75, 3.05) is 24.5 Å². The first-order valence-corrected chi connectivity index (χ1v) is 11.8. The van der Waals surface area contributed by atoms with Gasteiger partial charge in [-0.3, -0.25) is 9.59 Å². The van der Waals surface area contributed by atoms with Crippen LogP contribution < -0.4 is 10.5 Å². The molecule has 0 spiro atoms. The van der Waals surface area contributed by atoms with Crippen LogP contribution in [0.15, 0.2) is 47.3 Å². The average molecular weight is 440 g/mol. The second kappa shape index (κ2) is 7.85. The molecule has 5 nitrogen and oxygen atoms in total. The fraction of sp³-hybridized carbons (Fsp3) is 0.435. The number of thioether (sulfide) groups is 1. The molecular weight excluding hydrogens is 414 g/mol. The number of amides is 1. The Morgan fingerprint density at radius 2 is 1.97 bits per heavy atom. The molecule has 1 aromatic heterocycles. The lowest BCUT2D eigenvalue weighted by atomic mass is 9.83. The standard InChI is InChI=1S/C23H25N3O2S2/c1-15(22(28)25-10-9-17-5-2-3-6-19(17)25)30-23(29)24-12-16-11-18(14-24)20-7-4-8-21(27)26(20)13-16/h2-8,15-16,18H,9-14H2,1H3. The number of pyridine rings is 1. The van der Waals surface area contributed by atoms with Gasteiger partial charge in [-0.05, 0) is 43.4 Å². The molecule has 1 saturated heterocycles. The Bertz CT molecular complexity index is 1070. The van der Waals surface area contributed by atoms with Crippen LogP contribution in [0, 0.1) is 5.92 Å². The van der Waals surface area contributed by atoms with Crippen LogP contribution in [0.2, 0.25) is 0 Å². The first-order chi connectivity index (χ1) is 14.5. The Morgan fingerprint density at radius 1 is 1.13 bits per heavy atom. The zero-order chi connectivity index (χ0) is 20.8. The van der Waals surface area contributed by atoms with E-state index in [9.17, 15) is 9.59 Å². The van der Waals surface area contributed by atoms with Crippen LogP contribution in [0.4, 0.5) is 5.69 Å². The van der Waals surface area contributed by atoms with E-state index in [2.05, 4.69) is 17.0 Å².